The fraction of sp³-hybridized carbons (Fsp3) is 0.529. The Morgan fingerprint density at radius 2 is 2.09 bits per heavy atom. The van der Waals surface area contributed by atoms with Crippen molar-refractivity contribution >= 4 is 12.0 Å². The van der Waals surface area contributed by atoms with Crippen LogP contribution in [-0.4, -0.2) is 42.2 Å². The van der Waals surface area contributed by atoms with E-state index in [9.17, 15) is 9.59 Å². The molecule has 1 atom stereocenters. The van der Waals surface area contributed by atoms with Crippen LogP contribution in [0.3, 0.4) is 0 Å². The summed E-state index contributed by atoms with van der Waals surface area (Å²) in [5.74, 6) is -0.0501. The summed E-state index contributed by atoms with van der Waals surface area (Å²) in [7, 11) is 1.59. The lowest BCUT2D eigenvalue weighted by Gasteiger charge is -2.20. The average molecular weight is 320 g/mol. The zero-order chi connectivity index (χ0) is 16.8. The number of urea groups is 1. The first kappa shape index (κ1) is 17.1. The zero-order valence-electron chi connectivity index (χ0n) is 13.6. The van der Waals surface area contributed by atoms with Gasteiger partial charge in [0.15, 0.2) is 0 Å². The molecule has 1 unspecified atom stereocenters. The Kier molecular flexibility index (Phi) is 5.84. The van der Waals surface area contributed by atoms with Crippen LogP contribution in [0, 0.1) is 11.8 Å². The van der Waals surface area contributed by atoms with Gasteiger partial charge in [-0.2, -0.15) is 0 Å². The lowest BCUT2D eigenvalue weighted by Crippen LogP contribution is -2.40. The number of para-hydroxylation sites is 1. The van der Waals surface area contributed by atoms with Crippen molar-refractivity contribution in [2.45, 2.75) is 26.3 Å². The summed E-state index contributed by atoms with van der Waals surface area (Å²) in [6.07, 6.45) is 2.46. The molecule has 0 heterocycles. The van der Waals surface area contributed by atoms with E-state index in [0.717, 1.165) is 17.9 Å². The van der Waals surface area contributed by atoms with Crippen LogP contribution in [0.15, 0.2) is 24.3 Å². The van der Waals surface area contributed by atoms with Crippen LogP contribution >= 0.6 is 0 Å². The van der Waals surface area contributed by atoms with E-state index in [1.165, 1.54) is 17.7 Å². The Labute approximate surface area is 136 Å². The third-order valence-corrected chi connectivity index (χ3v) is 3.89. The molecule has 2 rings (SSSR count). The normalized spacial score (nSPS) is 14.9. The summed E-state index contributed by atoms with van der Waals surface area (Å²) in [6, 6.07) is 7.34. The van der Waals surface area contributed by atoms with Crippen molar-refractivity contribution in [1.29, 1.82) is 0 Å². The second-order valence-corrected chi connectivity index (χ2v) is 6.14. The van der Waals surface area contributed by atoms with Crippen molar-refractivity contribution in [3.63, 3.8) is 0 Å². The molecule has 6 heteroatoms. The van der Waals surface area contributed by atoms with Crippen molar-refractivity contribution in [3.8, 4) is 5.75 Å². The second-order valence-electron chi connectivity index (χ2n) is 6.14. The highest BCUT2D eigenvalue weighted by Crippen LogP contribution is 2.30. The molecule has 126 valence electrons. The fourth-order valence-corrected chi connectivity index (χ4v) is 2.16. The first-order valence-electron chi connectivity index (χ1n) is 7.90. The van der Waals surface area contributed by atoms with Crippen molar-refractivity contribution in [3.05, 3.63) is 29.8 Å². The topological polar surface area (TPSA) is 78.9 Å². The average Bonchev–Trinajstić information content (AvgIpc) is 3.35. The van der Waals surface area contributed by atoms with Crippen LogP contribution in [0.25, 0.3) is 0 Å². The van der Waals surface area contributed by atoms with E-state index in [-0.39, 0.29) is 12.6 Å². The standard InChI is InChI=1S/C17H24N2O4/c1-12(16(20)21)10-19(2)17(22)18-9-14-5-3-4-6-15(14)23-11-13-7-8-13/h3-6,12-13H,7-11H2,1-2H3,(H,18,22)(H,20,21). The molecule has 23 heavy (non-hydrogen) atoms. The minimum absolute atomic E-state index is 0.168. The smallest absolute Gasteiger partial charge is 0.317 e. The Balaban J connectivity index is 1.84. The first-order chi connectivity index (χ1) is 11.0. The van der Waals surface area contributed by atoms with Gasteiger partial charge in [0.25, 0.3) is 0 Å². The number of carboxylic acids is 1. The maximum Gasteiger partial charge on any atom is 0.317 e. The van der Waals surface area contributed by atoms with Gasteiger partial charge in [-0.3, -0.25) is 4.79 Å². The monoisotopic (exact) mass is 320 g/mol. The quantitative estimate of drug-likeness (QED) is 0.770. The first-order valence-corrected chi connectivity index (χ1v) is 7.90. The number of rotatable bonds is 8. The number of nitrogens with zero attached hydrogens (tertiary/aromatic N) is 1. The molecular weight excluding hydrogens is 296 g/mol. The predicted molar refractivity (Wildman–Crippen MR) is 86.3 cm³/mol. The molecule has 0 aromatic heterocycles. The number of amides is 2. The van der Waals surface area contributed by atoms with E-state index in [1.807, 2.05) is 24.3 Å². The second kappa shape index (κ2) is 7.85. The highest BCUT2D eigenvalue weighted by atomic mass is 16.5. The Hall–Kier alpha value is -2.24. The van der Waals surface area contributed by atoms with Gasteiger partial charge in [0.05, 0.1) is 12.5 Å². The van der Waals surface area contributed by atoms with E-state index in [0.29, 0.717) is 12.5 Å². The minimum Gasteiger partial charge on any atom is -0.493 e. The summed E-state index contributed by atoms with van der Waals surface area (Å²) in [5.41, 5.74) is 0.918. The van der Waals surface area contributed by atoms with Crippen LogP contribution in [0.4, 0.5) is 4.79 Å². The maximum absolute atomic E-state index is 12.0. The lowest BCUT2D eigenvalue weighted by atomic mass is 10.2. The highest BCUT2D eigenvalue weighted by molar-refractivity contribution is 5.75. The number of aliphatic carboxylic acids is 1. The van der Waals surface area contributed by atoms with E-state index >= 15 is 0 Å². The van der Waals surface area contributed by atoms with Crippen molar-refractivity contribution < 1.29 is 19.4 Å². The largest absolute Gasteiger partial charge is 0.493 e. The van der Waals surface area contributed by atoms with Crippen LogP contribution in [0.5, 0.6) is 5.75 Å². The van der Waals surface area contributed by atoms with Crippen LogP contribution in [-0.2, 0) is 11.3 Å². The molecule has 6 nitrogen and oxygen atoms in total. The molecule has 0 bridgehead atoms. The van der Waals surface area contributed by atoms with Gasteiger partial charge in [-0.15, -0.1) is 0 Å². The molecule has 1 aliphatic carbocycles. The van der Waals surface area contributed by atoms with Gasteiger partial charge in [-0.25, -0.2) is 4.79 Å². The number of hydrogen-bond donors (Lipinski definition) is 2. The lowest BCUT2D eigenvalue weighted by molar-refractivity contribution is -0.141. The molecule has 0 aliphatic heterocycles. The van der Waals surface area contributed by atoms with Gasteiger partial charge in [0, 0.05) is 25.7 Å². The summed E-state index contributed by atoms with van der Waals surface area (Å²) < 4.78 is 5.81. The van der Waals surface area contributed by atoms with Gasteiger partial charge < -0.3 is 20.1 Å². The van der Waals surface area contributed by atoms with Gasteiger partial charge >= 0.3 is 12.0 Å². The zero-order valence-corrected chi connectivity index (χ0v) is 13.6. The number of nitrogens with one attached hydrogen (secondary N) is 1. The molecule has 1 saturated carbocycles. The van der Waals surface area contributed by atoms with E-state index in [4.69, 9.17) is 9.84 Å². The Bertz CT molecular complexity index is 557. The number of hydrogen-bond acceptors (Lipinski definition) is 3. The Morgan fingerprint density at radius 1 is 1.39 bits per heavy atom. The number of carbonyl (C=O) groups excluding carboxylic acids is 1. The maximum atomic E-state index is 12.0. The molecular formula is C17H24N2O4. The third kappa shape index (κ3) is 5.47. The van der Waals surface area contributed by atoms with Crippen LogP contribution in [0.1, 0.15) is 25.3 Å². The van der Waals surface area contributed by atoms with Crippen LogP contribution in [0.2, 0.25) is 0 Å². The third-order valence-electron chi connectivity index (χ3n) is 3.89. The molecule has 1 aromatic rings. The van der Waals surface area contributed by atoms with Crippen molar-refractivity contribution in [2.75, 3.05) is 20.2 Å². The van der Waals surface area contributed by atoms with Gasteiger partial charge in [0.2, 0.25) is 0 Å². The molecule has 2 amide bonds. The Morgan fingerprint density at radius 3 is 2.74 bits per heavy atom. The fourth-order valence-electron chi connectivity index (χ4n) is 2.16. The molecule has 0 radical (unpaired) electrons. The summed E-state index contributed by atoms with van der Waals surface area (Å²) in [5, 5.41) is 11.7. The van der Waals surface area contributed by atoms with Crippen molar-refractivity contribution in [1.82, 2.24) is 10.2 Å². The summed E-state index contributed by atoms with van der Waals surface area (Å²) in [6.45, 7) is 2.82. The number of carbonyl (C=O) groups is 2. The van der Waals surface area contributed by atoms with Gasteiger partial charge in [-0.05, 0) is 24.8 Å². The van der Waals surface area contributed by atoms with Crippen LogP contribution < -0.4 is 10.1 Å². The predicted octanol–water partition coefficient (Wildman–Crippen LogP) is 2.34. The van der Waals surface area contributed by atoms with Crippen molar-refractivity contribution in [2.24, 2.45) is 11.8 Å². The molecule has 1 aliphatic rings. The summed E-state index contributed by atoms with van der Waals surface area (Å²) in [4.78, 5) is 24.3. The van der Waals surface area contributed by atoms with Gasteiger partial charge in [-0.1, -0.05) is 25.1 Å². The highest BCUT2D eigenvalue weighted by Gasteiger charge is 2.22. The van der Waals surface area contributed by atoms with E-state index in [1.54, 1.807) is 14.0 Å². The number of carboxylic acid groups (broad SMARTS) is 1. The minimum atomic E-state index is -0.913. The SMILES string of the molecule is CC(CN(C)C(=O)NCc1ccccc1OCC1CC1)C(=O)O. The molecule has 0 saturated heterocycles. The number of benzene rings is 1. The molecule has 0 spiro atoms. The molecule has 1 fully saturated rings. The summed E-state index contributed by atoms with van der Waals surface area (Å²) >= 11 is 0. The van der Waals surface area contributed by atoms with E-state index in [2.05, 4.69) is 5.32 Å². The molecule has 1 aromatic carbocycles. The molecule has 2 N–H and O–H groups in total. The van der Waals surface area contributed by atoms with Gasteiger partial charge in [0.1, 0.15) is 5.75 Å². The number of ether oxygens (including phenoxy) is 1. The van der Waals surface area contributed by atoms with E-state index < -0.39 is 11.9 Å².